The van der Waals surface area contributed by atoms with Crippen molar-refractivity contribution in [3.63, 3.8) is 0 Å². The van der Waals surface area contributed by atoms with E-state index in [1.807, 2.05) is 0 Å². The van der Waals surface area contributed by atoms with Crippen molar-refractivity contribution in [3.8, 4) is 0 Å². The number of carbonyl (C=O) groups is 1. The van der Waals surface area contributed by atoms with Crippen molar-refractivity contribution in [3.05, 3.63) is 11.6 Å². The minimum Gasteiger partial charge on any atom is -0.359 e. The van der Waals surface area contributed by atoms with Crippen molar-refractivity contribution in [1.82, 2.24) is 10.2 Å². The zero-order valence-corrected chi connectivity index (χ0v) is 11.5. The Kier molecular flexibility index (Phi) is 6.27. The van der Waals surface area contributed by atoms with E-state index >= 15 is 0 Å². The van der Waals surface area contributed by atoms with E-state index in [4.69, 9.17) is 0 Å². The molecule has 1 fully saturated rings. The molecule has 1 atom stereocenters. The quantitative estimate of drug-likeness (QED) is 0.719. The average molecular weight is 238 g/mol. The van der Waals surface area contributed by atoms with Gasteiger partial charge in [0.15, 0.2) is 0 Å². The fourth-order valence-corrected chi connectivity index (χ4v) is 2.28. The van der Waals surface area contributed by atoms with Crippen LogP contribution in [0.4, 0.5) is 0 Å². The predicted molar refractivity (Wildman–Crippen MR) is 71.9 cm³/mol. The van der Waals surface area contributed by atoms with Crippen LogP contribution in [-0.2, 0) is 4.79 Å². The number of amides is 1. The second-order valence-corrected chi connectivity index (χ2v) is 5.03. The molecule has 0 radical (unpaired) electrons. The van der Waals surface area contributed by atoms with Gasteiger partial charge in [0.1, 0.15) is 0 Å². The largest absolute Gasteiger partial charge is 0.359 e. The van der Waals surface area contributed by atoms with Crippen LogP contribution in [0.25, 0.3) is 0 Å². The third kappa shape index (κ3) is 5.35. The van der Waals surface area contributed by atoms with Gasteiger partial charge in [-0.3, -0.25) is 4.79 Å². The lowest BCUT2D eigenvalue weighted by molar-refractivity contribution is -0.121. The Morgan fingerprint density at radius 2 is 2.29 bits per heavy atom. The number of nitrogens with zero attached hydrogens (tertiary/aromatic N) is 1. The van der Waals surface area contributed by atoms with Gasteiger partial charge in [0.25, 0.3) is 0 Å². The molecule has 1 aliphatic rings. The molecule has 3 heteroatoms. The molecule has 3 nitrogen and oxygen atoms in total. The molecule has 0 aromatic carbocycles. The third-order valence-electron chi connectivity index (χ3n) is 3.62. The number of hydrogen-bond donors (Lipinski definition) is 1. The first kappa shape index (κ1) is 14.2. The zero-order chi connectivity index (χ0) is 12.7. The summed E-state index contributed by atoms with van der Waals surface area (Å²) in [5.74, 6) is 0.741. The summed E-state index contributed by atoms with van der Waals surface area (Å²) >= 11 is 0. The molecule has 1 rings (SSSR count). The minimum atomic E-state index is 0.179. The van der Waals surface area contributed by atoms with E-state index in [9.17, 15) is 4.79 Å². The predicted octanol–water partition coefficient (Wildman–Crippen LogP) is 2.19. The highest BCUT2D eigenvalue weighted by Crippen LogP contribution is 2.19. The van der Waals surface area contributed by atoms with E-state index < -0.39 is 0 Å². The van der Waals surface area contributed by atoms with Crippen molar-refractivity contribution < 1.29 is 4.79 Å². The van der Waals surface area contributed by atoms with Crippen molar-refractivity contribution >= 4 is 5.91 Å². The van der Waals surface area contributed by atoms with Gasteiger partial charge in [-0.2, -0.15) is 0 Å². The molecule has 0 aromatic heterocycles. The fraction of sp³-hybridized carbons (Fsp3) is 0.786. The normalized spacial score (nSPS) is 21.8. The molecule has 1 saturated heterocycles. The number of carbonyl (C=O) groups excluding carboxylic acids is 1. The van der Waals surface area contributed by atoms with Crippen LogP contribution in [0.5, 0.6) is 0 Å². The van der Waals surface area contributed by atoms with Crippen LogP contribution < -0.4 is 5.32 Å². The van der Waals surface area contributed by atoms with E-state index in [0.29, 0.717) is 12.3 Å². The minimum absolute atomic E-state index is 0.179. The first-order valence-electron chi connectivity index (χ1n) is 6.74. The van der Waals surface area contributed by atoms with E-state index in [0.717, 1.165) is 32.5 Å². The lowest BCUT2D eigenvalue weighted by atomic mass is 10.0. The van der Waals surface area contributed by atoms with Gasteiger partial charge in [0.2, 0.25) is 5.91 Å². The Hall–Kier alpha value is -0.830. The number of rotatable bonds is 6. The van der Waals surface area contributed by atoms with Crippen molar-refractivity contribution in [2.45, 2.75) is 39.5 Å². The summed E-state index contributed by atoms with van der Waals surface area (Å²) in [5, 5.41) is 2.71. The molecular weight excluding hydrogens is 212 g/mol. The topological polar surface area (TPSA) is 32.3 Å². The number of nitrogens with one attached hydrogen (secondary N) is 1. The molecule has 1 heterocycles. The Balaban J connectivity index is 2.19. The second-order valence-electron chi connectivity index (χ2n) is 5.03. The zero-order valence-electron chi connectivity index (χ0n) is 11.5. The maximum atomic E-state index is 11.3. The van der Waals surface area contributed by atoms with Crippen molar-refractivity contribution in [2.75, 3.05) is 26.7 Å². The molecule has 1 N–H and O–H groups in total. The summed E-state index contributed by atoms with van der Waals surface area (Å²) in [6.07, 6.45) is 6.50. The molecule has 1 amide bonds. The summed E-state index contributed by atoms with van der Waals surface area (Å²) in [5.41, 5.74) is 1.48. The molecule has 0 spiro atoms. The van der Waals surface area contributed by atoms with Gasteiger partial charge in [-0.05, 0) is 38.6 Å². The summed E-state index contributed by atoms with van der Waals surface area (Å²) < 4.78 is 0. The summed E-state index contributed by atoms with van der Waals surface area (Å²) in [4.78, 5) is 13.8. The van der Waals surface area contributed by atoms with Gasteiger partial charge in [-0.1, -0.05) is 18.6 Å². The van der Waals surface area contributed by atoms with Gasteiger partial charge < -0.3 is 10.2 Å². The molecular formula is C14H26N2O. The SMILES string of the molecule is CC/C(C)=C/CCN1CCC(CC(=O)NC)C1. The van der Waals surface area contributed by atoms with Crippen LogP contribution in [0.3, 0.4) is 0 Å². The first-order chi connectivity index (χ1) is 8.15. The van der Waals surface area contributed by atoms with E-state index in [2.05, 4.69) is 30.1 Å². The maximum absolute atomic E-state index is 11.3. The fourth-order valence-electron chi connectivity index (χ4n) is 2.28. The smallest absolute Gasteiger partial charge is 0.220 e. The standard InChI is InChI=1S/C14H26N2O/c1-4-12(2)6-5-8-16-9-7-13(11-16)10-14(17)15-3/h6,13H,4-5,7-11H2,1-3H3,(H,15,17)/b12-6+. The van der Waals surface area contributed by atoms with E-state index in [-0.39, 0.29) is 5.91 Å². The number of allylic oxidation sites excluding steroid dienone is 1. The maximum Gasteiger partial charge on any atom is 0.220 e. The van der Waals surface area contributed by atoms with E-state index in [1.54, 1.807) is 7.05 Å². The first-order valence-corrected chi connectivity index (χ1v) is 6.74. The lowest BCUT2D eigenvalue weighted by Gasteiger charge is -2.14. The van der Waals surface area contributed by atoms with Crippen LogP contribution in [0.2, 0.25) is 0 Å². The number of likely N-dealkylation sites (tertiary alicyclic amines) is 1. The molecule has 0 aliphatic carbocycles. The van der Waals surface area contributed by atoms with Gasteiger partial charge in [0, 0.05) is 26.6 Å². The molecule has 17 heavy (non-hydrogen) atoms. The van der Waals surface area contributed by atoms with Crippen LogP contribution in [-0.4, -0.2) is 37.5 Å². The molecule has 1 unspecified atom stereocenters. The molecule has 0 bridgehead atoms. The third-order valence-corrected chi connectivity index (χ3v) is 3.62. The Labute approximate surface area is 105 Å². The highest BCUT2D eigenvalue weighted by molar-refractivity contribution is 5.75. The summed E-state index contributed by atoms with van der Waals surface area (Å²) in [7, 11) is 1.72. The van der Waals surface area contributed by atoms with Crippen molar-refractivity contribution in [1.29, 1.82) is 0 Å². The van der Waals surface area contributed by atoms with Crippen LogP contribution in [0.15, 0.2) is 11.6 Å². The Morgan fingerprint density at radius 3 is 2.94 bits per heavy atom. The Bertz CT molecular complexity index is 273. The van der Waals surface area contributed by atoms with Gasteiger partial charge in [-0.15, -0.1) is 0 Å². The van der Waals surface area contributed by atoms with Gasteiger partial charge >= 0.3 is 0 Å². The summed E-state index contributed by atoms with van der Waals surface area (Å²) in [6.45, 7) is 7.77. The average Bonchev–Trinajstić information content (AvgIpc) is 2.76. The molecule has 0 aromatic rings. The van der Waals surface area contributed by atoms with E-state index in [1.165, 1.54) is 12.0 Å². The highest BCUT2D eigenvalue weighted by Gasteiger charge is 2.23. The van der Waals surface area contributed by atoms with Crippen LogP contribution >= 0.6 is 0 Å². The summed E-state index contributed by atoms with van der Waals surface area (Å²) in [6, 6.07) is 0. The van der Waals surface area contributed by atoms with Crippen molar-refractivity contribution in [2.24, 2.45) is 5.92 Å². The van der Waals surface area contributed by atoms with Gasteiger partial charge in [-0.25, -0.2) is 0 Å². The number of hydrogen-bond acceptors (Lipinski definition) is 2. The van der Waals surface area contributed by atoms with Gasteiger partial charge in [0.05, 0.1) is 0 Å². The van der Waals surface area contributed by atoms with Crippen LogP contribution in [0, 0.1) is 5.92 Å². The monoisotopic (exact) mass is 238 g/mol. The molecule has 98 valence electrons. The second kappa shape index (κ2) is 7.49. The Morgan fingerprint density at radius 1 is 1.53 bits per heavy atom. The highest BCUT2D eigenvalue weighted by atomic mass is 16.1. The molecule has 1 aliphatic heterocycles. The van der Waals surface area contributed by atoms with Crippen LogP contribution in [0.1, 0.15) is 39.5 Å². The lowest BCUT2D eigenvalue weighted by Crippen LogP contribution is -2.25. The molecule has 0 saturated carbocycles.